The molecule has 0 atom stereocenters. The number of amides is 2. The highest BCUT2D eigenvalue weighted by Crippen LogP contribution is 2.47. The summed E-state index contributed by atoms with van der Waals surface area (Å²) in [5, 5.41) is 6.97. The number of nitrogens with one attached hydrogen (secondary N) is 2. The van der Waals surface area contributed by atoms with Gasteiger partial charge in [0.15, 0.2) is 0 Å². The van der Waals surface area contributed by atoms with Crippen LogP contribution in [0.5, 0.6) is 0 Å². The van der Waals surface area contributed by atoms with Gasteiger partial charge in [-0.25, -0.2) is 4.79 Å². The number of halogens is 2. The molecule has 2 amide bonds. The van der Waals surface area contributed by atoms with Crippen molar-refractivity contribution in [2.45, 2.75) is 37.6 Å². The average Bonchev–Trinajstić information content (AvgIpc) is 2.34. The van der Waals surface area contributed by atoms with Crippen molar-refractivity contribution in [1.29, 1.82) is 0 Å². The number of benzene rings is 1. The molecule has 2 N–H and O–H groups in total. The second-order valence-electron chi connectivity index (χ2n) is 5.01. The molecule has 1 spiro atoms. The van der Waals surface area contributed by atoms with Gasteiger partial charge in [-0.3, -0.25) is 0 Å². The van der Waals surface area contributed by atoms with Crippen molar-refractivity contribution in [3.8, 4) is 0 Å². The van der Waals surface area contributed by atoms with Crippen LogP contribution in [-0.4, -0.2) is 6.03 Å². The van der Waals surface area contributed by atoms with E-state index in [1.807, 2.05) is 6.07 Å². The number of anilines is 1. The summed E-state index contributed by atoms with van der Waals surface area (Å²) in [5.41, 5.74) is 1.41. The second kappa shape index (κ2) is 4.32. The Kier molecular flexibility index (Phi) is 2.91. The molecular formula is C13H14Cl2N2O. The van der Waals surface area contributed by atoms with E-state index in [2.05, 4.69) is 10.6 Å². The van der Waals surface area contributed by atoms with E-state index < -0.39 is 0 Å². The highest BCUT2D eigenvalue weighted by molar-refractivity contribution is 6.43. The molecule has 0 radical (unpaired) electrons. The third kappa shape index (κ3) is 1.77. The van der Waals surface area contributed by atoms with Gasteiger partial charge < -0.3 is 10.6 Å². The van der Waals surface area contributed by atoms with E-state index in [4.69, 9.17) is 23.2 Å². The molecule has 2 aliphatic rings. The van der Waals surface area contributed by atoms with Crippen LogP contribution in [0.3, 0.4) is 0 Å². The lowest BCUT2D eigenvalue weighted by Gasteiger charge is -2.43. The lowest BCUT2D eigenvalue weighted by Crippen LogP contribution is -2.52. The summed E-state index contributed by atoms with van der Waals surface area (Å²) in [5.74, 6) is 0. The maximum atomic E-state index is 11.8. The molecule has 1 aromatic carbocycles. The van der Waals surface area contributed by atoms with Crippen LogP contribution in [0.25, 0.3) is 0 Å². The summed E-state index contributed by atoms with van der Waals surface area (Å²) in [6.07, 6.45) is 5.25. The largest absolute Gasteiger partial charge is 0.328 e. The lowest BCUT2D eigenvalue weighted by atomic mass is 9.75. The van der Waals surface area contributed by atoms with E-state index in [0.29, 0.717) is 10.0 Å². The van der Waals surface area contributed by atoms with Gasteiger partial charge >= 0.3 is 6.03 Å². The summed E-state index contributed by atoms with van der Waals surface area (Å²) in [6, 6.07) is 3.41. The van der Waals surface area contributed by atoms with E-state index in [1.165, 1.54) is 6.42 Å². The molecule has 3 rings (SSSR count). The summed E-state index contributed by atoms with van der Waals surface area (Å²) in [6.45, 7) is 0. The maximum absolute atomic E-state index is 11.8. The van der Waals surface area contributed by atoms with Gasteiger partial charge in [0.05, 0.1) is 15.6 Å². The highest BCUT2D eigenvalue weighted by Gasteiger charge is 2.42. The van der Waals surface area contributed by atoms with Gasteiger partial charge in [-0.2, -0.15) is 0 Å². The second-order valence-corrected chi connectivity index (χ2v) is 5.79. The van der Waals surface area contributed by atoms with Crippen molar-refractivity contribution in [1.82, 2.24) is 5.32 Å². The van der Waals surface area contributed by atoms with E-state index >= 15 is 0 Å². The van der Waals surface area contributed by atoms with Crippen LogP contribution in [-0.2, 0) is 5.54 Å². The lowest BCUT2D eigenvalue weighted by molar-refractivity contribution is 0.209. The van der Waals surface area contributed by atoms with Crippen molar-refractivity contribution in [3.63, 3.8) is 0 Å². The minimum atomic E-state index is -0.335. The predicted molar refractivity (Wildman–Crippen MR) is 73.4 cm³/mol. The monoisotopic (exact) mass is 284 g/mol. The van der Waals surface area contributed by atoms with Crippen molar-refractivity contribution < 1.29 is 4.79 Å². The SMILES string of the molecule is O=C1Nc2ccc(Cl)c(Cl)c2C2(CCCCC2)N1. The number of hydrogen-bond donors (Lipinski definition) is 2. The smallest absolute Gasteiger partial charge is 0.319 e. The van der Waals surface area contributed by atoms with Gasteiger partial charge in [0.1, 0.15) is 0 Å². The topological polar surface area (TPSA) is 41.1 Å². The zero-order valence-corrected chi connectivity index (χ0v) is 11.4. The molecule has 96 valence electrons. The summed E-state index contributed by atoms with van der Waals surface area (Å²) >= 11 is 12.5. The Morgan fingerprint density at radius 3 is 2.56 bits per heavy atom. The number of urea groups is 1. The van der Waals surface area contributed by atoms with Gasteiger partial charge in [0, 0.05) is 11.3 Å². The zero-order valence-electron chi connectivity index (χ0n) is 9.85. The Morgan fingerprint density at radius 2 is 1.83 bits per heavy atom. The standard InChI is InChI=1S/C13H14Cl2N2O/c14-8-4-5-9-10(11(8)15)13(17-12(18)16-9)6-2-1-3-7-13/h4-5H,1-3,6-7H2,(H2,16,17,18). The minimum Gasteiger partial charge on any atom is -0.328 e. The molecule has 0 saturated heterocycles. The first-order valence-corrected chi connectivity index (χ1v) is 6.96. The molecule has 1 aromatic rings. The van der Waals surface area contributed by atoms with Crippen molar-refractivity contribution >= 4 is 34.9 Å². The van der Waals surface area contributed by atoms with Gasteiger partial charge in [-0.05, 0) is 25.0 Å². The fourth-order valence-corrected chi connectivity index (χ4v) is 3.59. The van der Waals surface area contributed by atoms with Crippen LogP contribution in [0.4, 0.5) is 10.5 Å². The molecule has 1 heterocycles. The number of fused-ring (bicyclic) bond motifs is 2. The number of carbonyl (C=O) groups excluding carboxylic acids is 1. The van der Waals surface area contributed by atoms with Crippen molar-refractivity contribution in [2.24, 2.45) is 0 Å². The predicted octanol–water partition coefficient (Wildman–Crippen LogP) is 4.29. The molecule has 1 saturated carbocycles. The minimum absolute atomic E-state index is 0.150. The number of carbonyl (C=O) groups is 1. The Morgan fingerprint density at radius 1 is 1.11 bits per heavy atom. The van der Waals surface area contributed by atoms with Crippen molar-refractivity contribution in [3.05, 3.63) is 27.7 Å². The molecule has 5 heteroatoms. The average molecular weight is 285 g/mol. The van der Waals surface area contributed by atoms with Crippen LogP contribution in [0.15, 0.2) is 12.1 Å². The Hall–Kier alpha value is -0.930. The summed E-state index contributed by atoms with van der Waals surface area (Å²) in [4.78, 5) is 11.8. The normalized spacial score (nSPS) is 21.1. The van der Waals surface area contributed by atoms with Gasteiger partial charge in [0.2, 0.25) is 0 Å². The summed E-state index contributed by atoms with van der Waals surface area (Å²) < 4.78 is 0. The number of rotatable bonds is 0. The van der Waals surface area contributed by atoms with Crippen molar-refractivity contribution in [2.75, 3.05) is 5.32 Å². The first-order chi connectivity index (χ1) is 8.62. The van der Waals surface area contributed by atoms with Crippen LogP contribution < -0.4 is 10.6 Å². The molecule has 0 aromatic heterocycles. The van der Waals surface area contributed by atoms with E-state index in [1.54, 1.807) is 6.07 Å². The Balaban J connectivity index is 2.18. The number of hydrogen-bond acceptors (Lipinski definition) is 1. The fourth-order valence-electron chi connectivity index (χ4n) is 3.09. The molecule has 1 aliphatic carbocycles. The Labute approximate surface area is 116 Å². The summed E-state index contributed by atoms with van der Waals surface area (Å²) in [7, 11) is 0. The van der Waals surface area contributed by atoms with Gasteiger partial charge in [-0.15, -0.1) is 0 Å². The Bertz CT molecular complexity index is 510. The van der Waals surface area contributed by atoms with Crippen LogP contribution in [0, 0.1) is 0 Å². The third-order valence-corrected chi connectivity index (χ3v) is 4.69. The van der Waals surface area contributed by atoms with Crippen LogP contribution in [0.2, 0.25) is 10.0 Å². The first kappa shape index (κ1) is 12.1. The van der Waals surface area contributed by atoms with E-state index in [-0.39, 0.29) is 11.6 Å². The van der Waals surface area contributed by atoms with Gasteiger partial charge in [0.25, 0.3) is 0 Å². The molecule has 0 unspecified atom stereocenters. The highest BCUT2D eigenvalue weighted by atomic mass is 35.5. The fraction of sp³-hybridized carbons (Fsp3) is 0.462. The first-order valence-electron chi connectivity index (χ1n) is 6.20. The third-order valence-electron chi connectivity index (χ3n) is 3.88. The molecule has 3 nitrogen and oxygen atoms in total. The van der Waals surface area contributed by atoms with Crippen LogP contribution >= 0.6 is 23.2 Å². The molecular weight excluding hydrogens is 271 g/mol. The van der Waals surface area contributed by atoms with E-state index in [0.717, 1.165) is 36.9 Å². The van der Waals surface area contributed by atoms with E-state index in [9.17, 15) is 4.79 Å². The van der Waals surface area contributed by atoms with Crippen LogP contribution in [0.1, 0.15) is 37.7 Å². The zero-order chi connectivity index (χ0) is 12.8. The molecule has 0 bridgehead atoms. The quantitative estimate of drug-likeness (QED) is 0.733. The van der Waals surface area contributed by atoms with Gasteiger partial charge in [-0.1, -0.05) is 42.5 Å². The molecule has 18 heavy (non-hydrogen) atoms. The molecule has 1 fully saturated rings. The molecule has 1 aliphatic heterocycles. The maximum Gasteiger partial charge on any atom is 0.319 e.